The largest absolute Gasteiger partial charge is 0.384 e. The maximum atomic E-state index is 12.8. The second-order valence-corrected chi connectivity index (χ2v) is 10.2. The molecule has 0 aliphatic heterocycles. The number of urea groups is 1. The Hall–Kier alpha value is -3.35. The zero-order valence-electron chi connectivity index (χ0n) is 22.6. The van der Waals surface area contributed by atoms with Crippen molar-refractivity contribution in [3.8, 4) is 5.75 Å². The molecule has 0 fully saturated rings. The van der Waals surface area contributed by atoms with Crippen molar-refractivity contribution in [2.24, 2.45) is 0 Å². The van der Waals surface area contributed by atoms with Crippen molar-refractivity contribution in [1.29, 1.82) is 0 Å². The first-order valence-corrected chi connectivity index (χ1v) is 14.5. The van der Waals surface area contributed by atoms with Crippen LogP contribution < -0.4 is 20.1 Å². The molecule has 2 aromatic carbocycles. The number of likely N-dealkylation sites (N-methyl/N-ethyl adjacent to an activating group) is 2. The Morgan fingerprint density at radius 3 is 2.18 bits per heavy atom. The van der Waals surface area contributed by atoms with Gasteiger partial charge in [0.05, 0.1) is 11.0 Å². The molecule has 1 heterocycles. The summed E-state index contributed by atoms with van der Waals surface area (Å²) in [4.78, 5) is 24.1. The molecule has 0 saturated heterocycles. The molecule has 11 nitrogen and oxygen atoms in total. The number of imidazole rings is 1. The third-order valence-corrected chi connectivity index (χ3v) is 7.56. The lowest BCUT2D eigenvalue weighted by atomic mass is 10.3. The van der Waals surface area contributed by atoms with E-state index in [1.807, 2.05) is 0 Å². The molecule has 0 radical (unpaired) electrons. The molecule has 0 saturated carbocycles. The SMILES string of the molecule is CCN(CC)CCNC(=O)Nc1nc2ccc(OS(=O)(=O)c3ccc(NCCN(CC)CC)cc3)cc2[nH]1. The summed E-state index contributed by atoms with van der Waals surface area (Å²) in [5.41, 5.74) is 1.93. The summed E-state index contributed by atoms with van der Waals surface area (Å²) in [5.74, 6) is 0.391. The summed E-state index contributed by atoms with van der Waals surface area (Å²) in [6, 6.07) is 10.8. The number of nitrogens with one attached hydrogen (secondary N) is 4. The van der Waals surface area contributed by atoms with Gasteiger partial charge in [0.1, 0.15) is 10.6 Å². The van der Waals surface area contributed by atoms with Crippen LogP contribution >= 0.6 is 0 Å². The number of rotatable bonds is 15. The van der Waals surface area contributed by atoms with Gasteiger partial charge in [-0.05, 0) is 62.6 Å². The highest BCUT2D eigenvalue weighted by Gasteiger charge is 2.18. The van der Waals surface area contributed by atoms with Crippen molar-refractivity contribution in [1.82, 2.24) is 25.1 Å². The smallest absolute Gasteiger partial charge is 0.339 e. The minimum Gasteiger partial charge on any atom is -0.384 e. The minimum atomic E-state index is -4.03. The molecular formula is C26H39N7O4S. The Morgan fingerprint density at radius 2 is 1.55 bits per heavy atom. The van der Waals surface area contributed by atoms with Crippen molar-refractivity contribution in [3.05, 3.63) is 42.5 Å². The standard InChI is InChI=1S/C26H39N7O4S/c1-5-32(6-2)17-15-27-20-9-12-22(13-10-20)38(35,36)37-21-11-14-23-24(19-21)30-25(29-23)31-26(34)28-16-18-33(7-3)8-4/h9-14,19,27H,5-8,15-18H2,1-4H3,(H3,28,29,30,31,34). The first kappa shape index (κ1) is 29.2. The number of hydrogen-bond donors (Lipinski definition) is 4. The molecule has 4 N–H and O–H groups in total. The lowest BCUT2D eigenvalue weighted by Crippen LogP contribution is -2.37. The fourth-order valence-corrected chi connectivity index (χ4v) is 4.85. The lowest BCUT2D eigenvalue weighted by Gasteiger charge is -2.18. The number of aromatic amines is 1. The van der Waals surface area contributed by atoms with Crippen LogP contribution in [0.2, 0.25) is 0 Å². The molecule has 0 unspecified atom stereocenters. The van der Waals surface area contributed by atoms with Gasteiger partial charge in [-0.2, -0.15) is 8.42 Å². The molecule has 3 rings (SSSR count). The van der Waals surface area contributed by atoms with E-state index < -0.39 is 10.1 Å². The van der Waals surface area contributed by atoms with Crippen molar-refractivity contribution in [2.45, 2.75) is 32.6 Å². The van der Waals surface area contributed by atoms with E-state index >= 15 is 0 Å². The van der Waals surface area contributed by atoms with Crippen LogP contribution in [0.5, 0.6) is 5.75 Å². The van der Waals surface area contributed by atoms with Crippen LogP contribution in [0.15, 0.2) is 47.4 Å². The van der Waals surface area contributed by atoms with Crippen LogP contribution in [0.4, 0.5) is 16.4 Å². The third kappa shape index (κ3) is 8.33. The molecule has 0 spiro atoms. The first-order valence-electron chi connectivity index (χ1n) is 13.1. The second kappa shape index (κ2) is 14.0. The van der Waals surface area contributed by atoms with Gasteiger partial charge in [-0.1, -0.05) is 27.7 Å². The van der Waals surface area contributed by atoms with Crippen molar-refractivity contribution in [3.63, 3.8) is 0 Å². The van der Waals surface area contributed by atoms with E-state index in [1.165, 1.54) is 24.3 Å². The van der Waals surface area contributed by atoms with E-state index in [0.29, 0.717) is 17.6 Å². The highest BCUT2D eigenvalue weighted by atomic mass is 32.2. The number of benzene rings is 2. The molecule has 3 aromatic rings. The Morgan fingerprint density at radius 1 is 0.921 bits per heavy atom. The van der Waals surface area contributed by atoms with Gasteiger partial charge in [0, 0.05) is 37.9 Å². The summed E-state index contributed by atoms with van der Waals surface area (Å²) < 4.78 is 31.0. The summed E-state index contributed by atoms with van der Waals surface area (Å²) in [6.45, 7) is 15.1. The number of aromatic nitrogens is 2. The van der Waals surface area contributed by atoms with Gasteiger partial charge < -0.3 is 29.6 Å². The van der Waals surface area contributed by atoms with Gasteiger partial charge in [0.2, 0.25) is 5.95 Å². The zero-order chi connectivity index (χ0) is 27.5. The number of anilines is 2. The van der Waals surface area contributed by atoms with Crippen LogP contribution in [-0.4, -0.2) is 86.6 Å². The highest BCUT2D eigenvalue weighted by Crippen LogP contribution is 2.24. The van der Waals surface area contributed by atoms with Gasteiger partial charge in [-0.15, -0.1) is 0 Å². The summed E-state index contributed by atoms with van der Waals surface area (Å²) in [6.07, 6.45) is 0. The monoisotopic (exact) mass is 545 g/mol. The van der Waals surface area contributed by atoms with Crippen molar-refractivity contribution < 1.29 is 17.4 Å². The number of fused-ring (bicyclic) bond motifs is 1. The molecule has 0 aliphatic carbocycles. The van der Waals surface area contributed by atoms with Gasteiger partial charge in [0.15, 0.2) is 0 Å². The molecule has 12 heteroatoms. The number of amides is 2. The number of carbonyl (C=O) groups excluding carboxylic acids is 1. The summed E-state index contributed by atoms with van der Waals surface area (Å²) >= 11 is 0. The van der Waals surface area contributed by atoms with Crippen molar-refractivity contribution in [2.75, 3.05) is 63.0 Å². The molecular weight excluding hydrogens is 506 g/mol. The van der Waals surface area contributed by atoms with E-state index in [9.17, 15) is 13.2 Å². The first-order chi connectivity index (χ1) is 18.3. The van der Waals surface area contributed by atoms with E-state index in [-0.39, 0.29) is 22.6 Å². The fourth-order valence-electron chi connectivity index (χ4n) is 3.93. The maximum absolute atomic E-state index is 12.8. The van der Waals surface area contributed by atoms with Gasteiger partial charge in [0.25, 0.3) is 0 Å². The van der Waals surface area contributed by atoms with Crippen LogP contribution in [0.3, 0.4) is 0 Å². The Balaban J connectivity index is 1.57. The third-order valence-electron chi connectivity index (χ3n) is 6.29. The van der Waals surface area contributed by atoms with Crippen LogP contribution in [0, 0.1) is 0 Å². The molecule has 0 atom stereocenters. The molecule has 38 heavy (non-hydrogen) atoms. The maximum Gasteiger partial charge on any atom is 0.339 e. The predicted octanol–water partition coefficient (Wildman–Crippen LogP) is 3.55. The highest BCUT2D eigenvalue weighted by molar-refractivity contribution is 7.87. The molecule has 208 valence electrons. The number of H-pyrrole nitrogens is 1. The topological polar surface area (TPSA) is 132 Å². The van der Waals surface area contributed by atoms with E-state index in [4.69, 9.17) is 4.18 Å². The van der Waals surface area contributed by atoms with Crippen LogP contribution in [0.25, 0.3) is 11.0 Å². The van der Waals surface area contributed by atoms with E-state index in [0.717, 1.165) is 51.5 Å². The molecule has 0 aliphatic rings. The number of nitrogens with zero attached hydrogens (tertiary/aromatic N) is 3. The fraction of sp³-hybridized carbons (Fsp3) is 0.462. The van der Waals surface area contributed by atoms with E-state index in [1.54, 1.807) is 18.2 Å². The number of hydrogen-bond acceptors (Lipinski definition) is 8. The molecule has 0 bridgehead atoms. The Labute approximate surface area is 225 Å². The Kier molecular flexibility index (Phi) is 10.7. The normalized spacial score (nSPS) is 11.7. The van der Waals surface area contributed by atoms with E-state index in [2.05, 4.69) is 63.4 Å². The number of carbonyl (C=O) groups is 1. The summed E-state index contributed by atoms with van der Waals surface area (Å²) in [5, 5.41) is 8.77. The average Bonchev–Trinajstić information content (AvgIpc) is 3.30. The predicted molar refractivity (Wildman–Crippen MR) is 151 cm³/mol. The molecule has 1 aromatic heterocycles. The quantitative estimate of drug-likeness (QED) is 0.213. The summed E-state index contributed by atoms with van der Waals surface area (Å²) in [7, 11) is -4.03. The van der Waals surface area contributed by atoms with Gasteiger partial charge >= 0.3 is 16.1 Å². The van der Waals surface area contributed by atoms with Gasteiger partial charge in [-0.3, -0.25) is 5.32 Å². The molecule has 2 amide bonds. The average molecular weight is 546 g/mol. The minimum absolute atomic E-state index is 0.0558. The van der Waals surface area contributed by atoms with Gasteiger partial charge in [-0.25, -0.2) is 9.78 Å². The second-order valence-electron chi connectivity index (χ2n) is 8.69. The van der Waals surface area contributed by atoms with Crippen molar-refractivity contribution >= 4 is 38.8 Å². The van der Waals surface area contributed by atoms with Crippen LogP contribution in [0.1, 0.15) is 27.7 Å². The Bertz CT molecular complexity index is 1270. The van der Waals surface area contributed by atoms with Crippen LogP contribution in [-0.2, 0) is 10.1 Å². The lowest BCUT2D eigenvalue weighted by molar-refractivity contribution is 0.247. The zero-order valence-corrected chi connectivity index (χ0v) is 23.4.